The first-order valence-corrected chi connectivity index (χ1v) is 5.91. The molecule has 0 unspecified atom stereocenters. The summed E-state index contributed by atoms with van der Waals surface area (Å²) in [6.45, 7) is 2.75. The van der Waals surface area contributed by atoms with Gasteiger partial charge in [0.25, 0.3) is 5.79 Å². The molecule has 0 spiro atoms. The topological polar surface area (TPSA) is 52.6 Å². The molecule has 4 nitrogen and oxygen atoms in total. The van der Waals surface area contributed by atoms with Gasteiger partial charge in [0.1, 0.15) is 5.57 Å². The van der Waals surface area contributed by atoms with Crippen LogP contribution in [-0.4, -0.2) is 17.7 Å². The maximum Gasteiger partial charge on any atom is 0.348 e. The molecule has 0 N–H and O–H groups in total. The van der Waals surface area contributed by atoms with Gasteiger partial charge in [-0.2, -0.15) is 0 Å². The lowest BCUT2D eigenvalue weighted by atomic mass is 10.1. The zero-order valence-corrected chi connectivity index (χ0v) is 11.3. The van der Waals surface area contributed by atoms with Crippen LogP contribution in [0.3, 0.4) is 0 Å². The minimum absolute atomic E-state index is 0.310. The Balaban J connectivity index is 2.44. The zero-order valence-electron chi connectivity index (χ0n) is 10.5. The number of ether oxygens (including phenoxy) is 2. The lowest BCUT2D eigenvalue weighted by Crippen LogP contribution is -2.41. The van der Waals surface area contributed by atoms with Gasteiger partial charge in [0.15, 0.2) is 11.6 Å². The Labute approximate surface area is 117 Å². The molecule has 1 aromatic rings. The summed E-state index contributed by atoms with van der Waals surface area (Å²) < 4.78 is 36.6. The predicted molar refractivity (Wildman–Crippen MR) is 65.6 cm³/mol. The van der Waals surface area contributed by atoms with Crippen molar-refractivity contribution in [3.8, 4) is 0 Å². The van der Waals surface area contributed by atoms with Crippen LogP contribution >= 0.6 is 11.6 Å². The van der Waals surface area contributed by atoms with E-state index in [0.717, 1.165) is 18.2 Å². The van der Waals surface area contributed by atoms with E-state index >= 15 is 0 Å². The van der Waals surface area contributed by atoms with E-state index in [1.165, 1.54) is 13.8 Å². The summed E-state index contributed by atoms with van der Waals surface area (Å²) in [6, 6.07) is 2.24. The second kappa shape index (κ2) is 4.86. The fourth-order valence-electron chi connectivity index (χ4n) is 1.59. The molecule has 1 fully saturated rings. The maximum absolute atomic E-state index is 13.6. The summed E-state index contributed by atoms with van der Waals surface area (Å²) >= 11 is 5.40. The number of benzene rings is 1. The third-order valence-corrected chi connectivity index (χ3v) is 2.77. The van der Waals surface area contributed by atoms with Gasteiger partial charge >= 0.3 is 11.9 Å². The van der Waals surface area contributed by atoms with E-state index in [9.17, 15) is 18.4 Å². The van der Waals surface area contributed by atoms with E-state index in [2.05, 4.69) is 0 Å². The van der Waals surface area contributed by atoms with Crippen molar-refractivity contribution < 1.29 is 27.8 Å². The lowest BCUT2D eigenvalue weighted by molar-refractivity contribution is -0.222. The van der Waals surface area contributed by atoms with Crippen molar-refractivity contribution in [1.29, 1.82) is 0 Å². The molecule has 0 aromatic heterocycles. The Morgan fingerprint density at radius 2 is 1.65 bits per heavy atom. The minimum Gasteiger partial charge on any atom is -0.419 e. The van der Waals surface area contributed by atoms with Gasteiger partial charge in [-0.05, 0) is 12.1 Å². The van der Waals surface area contributed by atoms with E-state index in [1.54, 1.807) is 0 Å². The highest BCUT2D eigenvalue weighted by Crippen LogP contribution is 2.26. The first-order valence-electron chi connectivity index (χ1n) is 5.53. The van der Waals surface area contributed by atoms with Gasteiger partial charge in [0.05, 0.1) is 5.02 Å². The average molecular weight is 303 g/mol. The summed E-state index contributed by atoms with van der Waals surface area (Å²) in [7, 11) is 0. The van der Waals surface area contributed by atoms with Crippen LogP contribution in [0.2, 0.25) is 5.02 Å². The van der Waals surface area contributed by atoms with Crippen molar-refractivity contribution in [3.63, 3.8) is 0 Å². The van der Waals surface area contributed by atoms with Crippen LogP contribution in [0.4, 0.5) is 8.78 Å². The van der Waals surface area contributed by atoms with Gasteiger partial charge in [-0.25, -0.2) is 18.4 Å². The van der Waals surface area contributed by atoms with Crippen molar-refractivity contribution in [3.05, 3.63) is 39.9 Å². The Bertz CT molecular complexity index is 616. The molecule has 0 bridgehead atoms. The molecule has 2 rings (SSSR count). The number of hydrogen-bond acceptors (Lipinski definition) is 4. The van der Waals surface area contributed by atoms with Crippen LogP contribution < -0.4 is 0 Å². The molecule has 0 amide bonds. The highest BCUT2D eigenvalue weighted by Gasteiger charge is 2.39. The van der Waals surface area contributed by atoms with Crippen LogP contribution in [0.15, 0.2) is 17.7 Å². The van der Waals surface area contributed by atoms with E-state index in [1.807, 2.05) is 0 Å². The van der Waals surface area contributed by atoms with Gasteiger partial charge < -0.3 is 9.47 Å². The van der Waals surface area contributed by atoms with Crippen molar-refractivity contribution in [2.45, 2.75) is 19.6 Å². The Kier molecular flexibility index (Phi) is 3.52. The van der Waals surface area contributed by atoms with E-state index < -0.39 is 40.0 Å². The Hall–Kier alpha value is -1.95. The number of cyclic esters (lactones) is 2. The van der Waals surface area contributed by atoms with E-state index in [4.69, 9.17) is 21.1 Å². The summed E-state index contributed by atoms with van der Waals surface area (Å²) in [6.07, 6.45) is 0.856. The highest BCUT2D eigenvalue weighted by molar-refractivity contribution is 6.30. The van der Waals surface area contributed by atoms with Crippen molar-refractivity contribution in [2.24, 2.45) is 0 Å². The Morgan fingerprint density at radius 1 is 1.10 bits per heavy atom. The van der Waals surface area contributed by atoms with Gasteiger partial charge in [-0.1, -0.05) is 17.7 Å². The molecule has 1 heterocycles. The SMILES string of the molecule is CC1(C)OC(=O)C(=Cc2ccc(Cl)c(F)c2F)C(=O)O1. The quantitative estimate of drug-likeness (QED) is 0.346. The van der Waals surface area contributed by atoms with Crippen molar-refractivity contribution >= 4 is 29.6 Å². The van der Waals surface area contributed by atoms with Gasteiger partial charge in [0.2, 0.25) is 0 Å². The molecule has 0 atom stereocenters. The molecule has 1 aliphatic heterocycles. The molecular formula is C13H9ClF2O4. The maximum atomic E-state index is 13.6. The molecule has 0 saturated carbocycles. The summed E-state index contributed by atoms with van der Waals surface area (Å²) in [5.41, 5.74) is -0.833. The first-order chi connectivity index (χ1) is 9.21. The second-order valence-corrected chi connectivity index (χ2v) is 4.91. The van der Waals surface area contributed by atoms with Gasteiger partial charge in [-0.3, -0.25) is 0 Å². The highest BCUT2D eigenvalue weighted by atomic mass is 35.5. The fraction of sp³-hybridized carbons (Fsp3) is 0.231. The van der Waals surface area contributed by atoms with Crippen LogP contribution in [0, 0.1) is 11.6 Å². The van der Waals surface area contributed by atoms with Crippen LogP contribution in [0.25, 0.3) is 6.08 Å². The zero-order chi connectivity index (χ0) is 15.1. The van der Waals surface area contributed by atoms with Gasteiger partial charge in [-0.15, -0.1) is 0 Å². The smallest absolute Gasteiger partial charge is 0.348 e. The second-order valence-electron chi connectivity index (χ2n) is 4.50. The number of hydrogen-bond donors (Lipinski definition) is 0. The molecule has 1 aromatic carbocycles. The number of esters is 2. The monoisotopic (exact) mass is 302 g/mol. The van der Waals surface area contributed by atoms with Gasteiger partial charge in [0, 0.05) is 19.4 Å². The molecule has 20 heavy (non-hydrogen) atoms. The van der Waals surface area contributed by atoms with Crippen LogP contribution in [0.5, 0.6) is 0 Å². The number of halogens is 3. The molecule has 0 radical (unpaired) electrons. The third kappa shape index (κ3) is 2.65. The van der Waals surface area contributed by atoms with E-state index in [0.29, 0.717) is 0 Å². The standard InChI is InChI=1S/C13H9ClF2O4/c1-13(2)19-11(17)7(12(18)20-13)5-6-3-4-8(14)10(16)9(6)15/h3-5H,1-2H3. The molecule has 106 valence electrons. The fourth-order valence-corrected chi connectivity index (χ4v) is 1.73. The molecule has 1 saturated heterocycles. The predicted octanol–water partition coefficient (Wildman–Crippen LogP) is 2.84. The van der Waals surface area contributed by atoms with E-state index in [-0.39, 0.29) is 5.56 Å². The minimum atomic E-state index is -1.39. The first kappa shape index (κ1) is 14.5. The number of rotatable bonds is 1. The average Bonchev–Trinajstić information content (AvgIpc) is 2.32. The molecule has 1 aliphatic rings. The summed E-state index contributed by atoms with van der Waals surface area (Å²) in [4.78, 5) is 23.3. The number of carbonyl (C=O) groups is 2. The summed E-state index contributed by atoms with van der Waals surface area (Å²) in [5, 5.41) is -0.403. The van der Waals surface area contributed by atoms with Crippen molar-refractivity contribution in [2.75, 3.05) is 0 Å². The summed E-state index contributed by atoms with van der Waals surface area (Å²) in [5.74, 6) is -5.87. The Morgan fingerprint density at radius 3 is 2.20 bits per heavy atom. The lowest BCUT2D eigenvalue weighted by Gasteiger charge is -2.29. The normalized spacial score (nSPS) is 17.6. The van der Waals surface area contributed by atoms with Crippen molar-refractivity contribution in [1.82, 2.24) is 0 Å². The third-order valence-electron chi connectivity index (χ3n) is 2.48. The molecule has 0 aliphatic carbocycles. The van der Waals surface area contributed by atoms with Crippen LogP contribution in [0.1, 0.15) is 19.4 Å². The molecule has 7 heteroatoms. The number of carbonyl (C=O) groups excluding carboxylic acids is 2. The van der Waals surface area contributed by atoms with Crippen LogP contribution in [-0.2, 0) is 19.1 Å². The largest absolute Gasteiger partial charge is 0.419 e. The molecular weight excluding hydrogens is 294 g/mol.